The fraction of sp³-hybridized carbons (Fsp3) is 0.188. The molecule has 24 heavy (non-hydrogen) atoms. The van der Waals surface area contributed by atoms with E-state index in [2.05, 4.69) is 5.32 Å². The molecular formula is C16H16ClFN2O3S. The summed E-state index contributed by atoms with van der Waals surface area (Å²) < 4.78 is 37.9. The van der Waals surface area contributed by atoms with Gasteiger partial charge in [0.15, 0.2) is 0 Å². The standard InChI is InChI=1S/C16H16ClFN2O3S/c1-24(22,23)20(13-8-6-12(18)7-9-13)11-10-16(21)19-15-5-3-2-4-14(15)17/h2-9H,10-11H2,1H3,(H,19,21). The fourth-order valence-corrected chi connectivity index (χ4v) is 3.18. The van der Waals surface area contributed by atoms with Crippen LogP contribution in [0.25, 0.3) is 0 Å². The van der Waals surface area contributed by atoms with Gasteiger partial charge >= 0.3 is 0 Å². The number of benzene rings is 2. The number of amides is 1. The molecule has 0 unspecified atom stereocenters. The number of carbonyl (C=O) groups is 1. The summed E-state index contributed by atoms with van der Waals surface area (Å²) in [5, 5.41) is 3.02. The van der Waals surface area contributed by atoms with Crippen molar-refractivity contribution in [1.82, 2.24) is 0 Å². The Morgan fingerprint density at radius 3 is 2.38 bits per heavy atom. The zero-order chi connectivity index (χ0) is 17.7. The van der Waals surface area contributed by atoms with Gasteiger partial charge in [0, 0.05) is 13.0 Å². The van der Waals surface area contributed by atoms with Gasteiger partial charge in [-0.15, -0.1) is 0 Å². The number of nitrogens with zero attached hydrogens (tertiary/aromatic N) is 1. The van der Waals surface area contributed by atoms with E-state index in [9.17, 15) is 17.6 Å². The minimum atomic E-state index is -3.60. The molecule has 2 aromatic rings. The van der Waals surface area contributed by atoms with E-state index < -0.39 is 15.8 Å². The normalized spacial score (nSPS) is 11.1. The van der Waals surface area contributed by atoms with Crippen LogP contribution in [-0.2, 0) is 14.8 Å². The molecule has 128 valence electrons. The highest BCUT2D eigenvalue weighted by Crippen LogP contribution is 2.21. The molecule has 0 saturated heterocycles. The van der Waals surface area contributed by atoms with E-state index in [0.29, 0.717) is 16.4 Å². The number of nitrogens with one attached hydrogen (secondary N) is 1. The van der Waals surface area contributed by atoms with Gasteiger partial charge in [0.25, 0.3) is 0 Å². The summed E-state index contributed by atoms with van der Waals surface area (Å²) >= 11 is 5.96. The van der Waals surface area contributed by atoms with E-state index in [0.717, 1.165) is 22.7 Å². The Balaban J connectivity index is 2.07. The predicted molar refractivity (Wildman–Crippen MR) is 93.3 cm³/mol. The summed E-state index contributed by atoms with van der Waals surface area (Å²) in [5.41, 5.74) is 0.751. The number of hydrogen-bond donors (Lipinski definition) is 1. The third kappa shape index (κ3) is 4.94. The number of anilines is 2. The molecule has 5 nitrogen and oxygen atoms in total. The average molecular weight is 371 g/mol. The molecule has 0 spiro atoms. The van der Waals surface area contributed by atoms with Gasteiger partial charge in [-0.1, -0.05) is 23.7 Å². The zero-order valence-corrected chi connectivity index (χ0v) is 14.4. The number of sulfonamides is 1. The molecule has 0 heterocycles. The fourth-order valence-electron chi connectivity index (χ4n) is 2.07. The van der Waals surface area contributed by atoms with Crippen molar-refractivity contribution in [1.29, 1.82) is 0 Å². The smallest absolute Gasteiger partial charge is 0.232 e. The molecule has 2 rings (SSSR count). The van der Waals surface area contributed by atoms with E-state index in [1.165, 1.54) is 12.1 Å². The van der Waals surface area contributed by atoms with Gasteiger partial charge in [-0.2, -0.15) is 0 Å². The largest absolute Gasteiger partial charge is 0.325 e. The Bertz CT molecular complexity index is 825. The summed E-state index contributed by atoms with van der Waals surface area (Å²) in [6, 6.07) is 11.8. The lowest BCUT2D eigenvalue weighted by molar-refractivity contribution is -0.116. The summed E-state index contributed by atoms with van der Waals surface area (Å²) in [6.07, 6.45) is 0.956. The Hall–Kier alpha value is -2.12. The summed E-state index contributed by atoms with van der Waals surface area (Å²) in [4.78, 5) is 12.0. The van der Waals surface area contributed by atoms with Gasteiger partial charge in [-0.3, -0.25) is 9.10 Å². The van der Waals surface area contributed by atoms with Crippen LogP contribution < -0.4 is 9.62 Å². The maximum atomic E-state index is 13.0. The van der Waals surface area contributed by atoms with Crippen molar-refractivity contribution in [2.45, 2.75) is 6.42 Å². The van der Waals surface area contributed by atoms with Gasteiger partial charge in [0.2, 0.25) is 15.9 Å². The monoisotopic (exact) mass is 370 g/mol. The maximum absolute atomic E-state index is 13.0. The van der Waals surface area contributed by atoms with Crippen LogP contribution in [0, 0.1) is 5.82 Å². The molecule has 0 bridgehead atoms. The third-order valence-corrected chi connectivity index (χ3v) is 4.73. The molecular weight excluding hydrogens is 355 g/mol. The topological polar surface area (TPSA) is 66.5 Å². The molecule has 1 amide bonds. The predicted octanol–water partition coefficient (Wildman–Crippen LogP) is 3.27. The van der Waals surface area contributed by atoms with Gasteiger partial charge in [-0.05, 0) is 36.4 Å². The van der Waals surface area contributed by atoms with Crippen LogP contribution in [0.3, 0.4) is 0 Å². The van der Waals surface area contributed by atoms with Crippen molar-refractivity contribution in [3.8, 4) is 0 Å². The second kappa shape index (κ2) is 7.63. The minimum absolute atomic E-state index is 0.0687. The van der Waals surface area contributed by atoms with Crippen LogP contribution in [0.15, 0.2) is 48.5 Å². The van der Waals surface area contributed by atoms with Crippen LogP contribution in [0.2, 0.25) is 5.02 Å². The van der Waals surface area contributed by atoms with E-state index in [1.807, 2.05) is 0 Å². The minimum Gasteiger partial charge on any atom is -0.325 e. The second-order valence-electron chi connectivity index (χ2n) is 5.09. The lowest BCUT2D eigenvalue weighted by Gasteiger charge is -2.22. The van der Waals surface area contributed by atoms with Crippen LogP contribution in [0.5, 0.6) is 0 Å². The van der Waals surface area contributed by atoms with Gasteiger partial charge in [-0.25, -0.2) is 12.8 Å². The Labute approximate surface area is 145 Å². The number of rotatable bonds is 6. The molecule has 0 aliphatic rings. The highest BCUT2D eigenvalue weighted by Gasteiger charge is 2.19. The first-order chi connectivity index (χ1) is 11.3. The van der Waals surface area contributed by atoms with Crippen molar-refractivity contribution in [2.24, 2.45) is 0 Å². The van der Waals surface area contributed by atoms with Gasteiger partial charge in [0.1, 0.15) is 5.82 Å². The number of hydrogen-bond acceptors (Lipinski definition) is 3. The highest BCUT2D eigenvalue weighted by molar-refractivity contribution is 7.92. The molecule has 0 atom stereocenters. The Kier molecular flexibility index (Phi) is 5.80. The van der Waals surface area contributed by atoms with Crippen molar-refractivity contribution >= 4 is 38.9 Å². The Morgan fingerprint density at radius 1 is 1.17 bits per heavy atom. The van der Waals surface area contributed by atoms with Gasteiger partial charge in [0.05, 0.1) is 22.7 Å². The molecule has 1 N–H and O–H groups in total. The average Bonchev–Trinajstić information content (AvgIpc) is 2.50. The molecule has 8 heteroatoms. The van der Waals surface area contributed by atoms with E-state index >= 15 is 0 Å². The van der Waals surface area contributed by atoms with E-state index in [-0.39, 0.29) is 18.9 Å². The molecule has 0 aliphatic carbocycles. The number of carbonyl (C=O) groups excluding carboxylic acids is 1. The molecule has 0 fully saturated rings. The molecule has 0 saturated carbocycles. The van der Waals surface area contributed by atoms with Crippen molar-refractivity contribution < 1.29 is 17.6 Å². The van der Waals surface area contributed by atoms with E-state index in [1.54, 1.807) is 24.3 Å². The first-order valence-corrected chi connectivity index (χ1v) is 9.27. The number of halogens is 2. The molecule has 0 aliphatic heterocycles. The number of para-hydroxylation sites is 1. The third-order valence-electron chi connectivity index (χ3n) is 3.20. The van der Waals surface area contributed by atoms with Crippen molar-refractivity contribution in [3.63, 3.8) is 0 Å². The molecule has 0 radical (unpaired) electrons. The summed E-state index contributed by atoms with van der Waals surface area (Å²) in [7, 11) is -3.60. The van der Waals surface area contributed by atoms with Gasteiger partial charge < -0.3 is 5.32 Å². The Morgan fingerprint density at radius 2 is 1.79 bits per heavy atom. The highest BCUT2D eigenvalue weighted by atomic mass is 35.5. The summed E-state index contributed by atoms with van der Waals surface area (Å²) in [5.74, 6) is -0.845. The molecule has 2 aromatic carbocycles. The lowest BCUT2D eigenvalue weighted by Crippen LogP contribution is -2.33. The van der Waals surface area contributed by atoms with Crippen LogP contribution in [0.1, 0.15) is 6.42 Å². The quantitative estimate of drug-likeness (QED) is 0.848. The van der Waals surface area contributed by atoms with E-state index in [4.69, 9.17) is 11.6 Å². The van der Waals surface area contributed by atoms with Crippen LogP contribution >= 0.6 is 11.6 Å². The van der Waals surface area contributed by atoms with Crippen molar-refractivity contribution in [3.05, 3.63) is 59.4 Å². The SMILES string of the molecule is CS(=O)(=O)N(CCC(=O)Nc1ccccc1Cl)c1ccc(F)cc1. The maximum Gasteiger partial charge on any atom is 0.232 e. The first-order valence-electron chi connectivity index (χ1n) is 7.05. The zero-order valence-electron chi connectivity index (χ0n) is 12.9. The van der Waals surface area contributed by atoms with Crippen LogP contribution in [0.4, 0.5) is 15.8 Å². The second-order valence-corrected chi connectivity index (χ2v) is 7.40. The first kappa shape index (κ1) is 18.2. The summed E-state index contributed by atoms with van der Waals surface area (Å²) in [6.45, 7) is -0.0687. The van der Waals surface area contributed by atoms with Crippen molar-refractivity contribution in [2.75, 3.05) is 22.4 Å². The van der Waals surface area contributed by atoms with Crippen LogP contribution in [-0.4, -0.2) is 27.1 Å². The molecule has 0 aromatic heterocycles. The lowest BCUT2D eigenvalue weighted by atomic mass is 10.3.